The maximum Gasteiger partial charge on any atom is 0.276 e. The highest BCUT2D eigenvalue weighted by molar-refractivity contribution is 9.10. The topological polar surface area (TPSA) is 67.4 Å². The molecular weight excluding hydrogens is 396 g/mol. The number of carbonyl (C=O) groups excluding carboxylic acids is 2. The molecule has 0 unspecified atom stereocenters. The van der Waals surface area contributed by atoms with Crippen LogP contribution in [0.5, 0.6) is 5.75 Å². The number of benzene rings is 2. The van der Waals surface area contributed by atoms with Gasteiger partial charge in [0.05, 0.1) is 5.41 Å². The number of ether oxygens (including phenoxy) is 1. The Labute approximate surface area is 161 Å². The molecule has 0 aromatic heterocycles. The quantitative estimate of drug-likeness (QED) is 0.734. The van der Waals surface area contributed by atoms with E-state index < -0.39 is 11.3 Å². The first-order chi connectivity index (χ1) is 12.4. The number of halogens is 1. The van der Waals surface area contributed by atoms with Crippen molar-refractivity contribution >= 4 is 27.7 Å². The number of hydrogen-bond acceptors (Lipinski definition) is 3. The molecule has 2 aromatic rings. The molecule has 0 heterocycles. The standard InChI is InChI=1S/C20H21BrN2O3/c1-13-9-14(2)11-17(10-13)26-12-18(24)22-23-19(25)20(7-8-20)15-3-5-16(21)6-4-15/h3-6,9-11H,7-8,12H2,1-2H3,(H,22,24)(H,23,25). The lowest BCUT2D eigenvalue weighted by Gasteiger charge is -2.16. The van der Waals surface area contributed by atoms with Crippen molar-refractivity contribution in [3.05, 3.63) is 63.6 Å². The summed E-state index contributed by atoms with van der Waals surface area (Å²) in [5.74, 6) is 0.0428. The van der Waals surface area contributed by atoms with Crippen LogP contribution < -0.4 is 15.6 Å². The molecular formula is C20H21BrN2O3. The predicted octanol–water partition coefficient (Wildman–Crippen LogP) is 3.32. The van der Waals surface area contributed by atoms with E-state index in [0.29, 0.717) is 5.75 Å². The summed E-state index contributed by atoms with van der Waals surface area (Å²) in [5, 5.41) is 0. The molecule has 26 heavy (non-hydrogen) atoms. The number of carbonyl (C=O) groups is 2. The molecule has 6 heteroatoms. The third kappa shape index (κ3) is 4.25. The van der Waals surface area contributed by atoms with E-state index in [1.54, 1.807) is 0 Å². The van der Waals surface area contributed by atoms with E-state index in [0.717, 1.165) is 34.0 Å². The third-order valence-electron chi connectivity index (χ3n) is 4.46. The first-order valence-electron chi connectivity index (χ1n) is 8.45. The molecule has 0 spiro atoms. The van der Waals surface area contributed by atoms with Gasteiger partial charge in [0, 0.05) is 4.47 Å². The Kier molecular flexibility index (Phi) is 5.32. The van der Waals surface area contributed by atoms with Gasteiger partial charge in [0.15, 0.2) is 6.61 Å². The Bertz CT molecular complexity index is 809. The van der Waals surface area contributed by atoms with Crippen LogP contribution in [0.15, 0.2) is 46.9 Å². The molecule has 0 aliphatic heterocycles. The van der Waals surface area contributed by atoms with Gasteiger partial charge in [0.2, 0.25) is 5.91 Å². The van der Waals surface area contributed by atoms with Crippen LogP contribution in [-0.2, 0) is 15.0 Å². The van der Waals surface area contributed by atoms with Gasteiger partial charge in [-0.05, 0) is 67.6 Å². The van der Waals surface area contributed by atoms with E-state index >= 15 is 0 Å². The monoisotopic (exact) mass is 416 g/mol. The van der Waals surface area contributed by atoms with Crippen LogP contribution in [0.25, 0.3) is 0 Å². The summed E-state index contributed by atoms with van der Waals surface area (Å²) in [6.07, 6.45) is 1.55. The van der Waals surface area contributed by atoms with Crippen LogP contribution in [0.1, 0.15) is 29.5 Å². The molecule has 3 rings (SSSR count). The average Bonchev–Trinajstić information content (AvgIpc) is 3.39. The van der Waals surface area contributed by atoms with Crippen molar-refractivity contribution in [3.63, 3.8) is 0 Å². The zero-order chi connectivity index (χ0) is 18.7. The highest BCUT2D eigenvalue weighted by Crippen LogP contribution is 2.48. The lowest BCUT2D eigenvalue weighted by atomic mass is 9.95. The number of aryl methyl sites for hydroxylation is 2. The maximum absolute atomic E-state index is 12.5. The van der Waals surface area contributed by atoms with E-state index in [1.165, 1.54) is 0 Å². The minimum absolute atomic E-state index is 0.158. The Morgan fingerprint density at radius 1 is 1.04 bits per heavy atom. The Morgan fingerprint density at radius 2 is 1.65 bits per heavy atom. The van der Waals surface area contributed by atoms with Crippen molar-refractivity contribution in [2.75, 3.05) is 6.61 Å². The van der Waals surface area contributed by atoms with Gasteiger partial charge < -0.3 is 4.74 Å². The molecule has 2 aromatic carbocycles. The summed E-state index contributed by atoms with van der Waals surface area (Å²) in [6.45, 7) is 3.78. The Hall–Kier alpha value is -2.34. The van der Waals surface area contributed by atoms with Gasteiger partial charge in [-0.15, -0.1) is 0 Å². The smallest absolute Gasteiger partial charge is 0.276 e. The fourth-order valence-electron chi connectivity index (χ4n) is 2.99. The van der Waals surface area contributed by atoms with Crippen LogP contribution >= 0.6 is 15.9 Å². The zero-order valence-electron chi connectivity index (χ0n) is 14.8. The van der Waals surface area contributed by atoms with E-state index in [1.807, 2.05) is 56.3 Å². The molecule has 0 radical (unpaired) electrons. The van der Waals surface area contributed by atoms with Gasteiger partial charge in [0.1, 0.15) is 5.75 Å². The minimum Gasteiger partial charge on any atom is -0.484 e. The van der Waals surface area contributed by atoms with E-state index in [9.17, 15) is 9.59 Å². The average molecular weight is 417 g/mol. The molecule has 136 valence electrons. The molecule has 0 saturated heterocycles. The summed E-state index contributed by atoms with van der Waals surface area (Å²) in [7, 11) is 0. The van der Waals surface area contributed by atoms with Crippen molar-refractivity contribution in [1.82, 2.24) is 10.9 Å². The highest BCUT2D eigenvalue weighted by atomic mass is 79.9. The summed E-state index contributed by atoms with van der Waals surface area (Å²) in [4.78, 5) is 24.5. The van der Waals surface area contributed by atoms with Crippen molar-refractivity contribution < 1.29 is 14.3 Å². The summed E-state index contributed by atoms with van der Waals surface area (Å²) in [6, 6.07) is 13.5. The van der Waals surface area contributed by atoms with Crippen LogP contribution in [0.4, 0.5) is 0 Å². The molecule has 0 atom stereocenters. The van der Waals surface area contributed by atoms with Crippen molar-refractivity contribution in [2.45, 2.75) is 32.1 Å². The first kappa shape index (κ1) is 18.5. The van der Waals surface area contributed by atoms with Crippen LogP contribution in [0, 0.1) is 13.8 Å². The molecule has 1 aliphatic carbocycles. The van der Waals surface area contributed by atoms with Crippen molar-refractivity contribution in [1.29, 1.82) is 0 Å². The second-order valence-corrected chi connectivity index (χ2v) is 7.62. The number of nitrogens with one attached hydrogen (secondary N) is 2. The van der Waals surface area contributed by atoms with Crippen LogP contribution in [-0.4, -0.2) is 18.4 Å². The first-order valence-corrected chi connectivity index (χ1v) is 9.25. The lowest BCUT2D eigenvalue weighted by molar-refractivity contribution is -0.131. The summed E-state index contributed by atoms with van der Waals surface area (Å²) in [5.41, 5.74) is 7.52. The number of hydrogen-bond donors (Lipinski definition) is 2. The molecule has 2 N–H and O–H groups in total. The predicted molar refractivity (Wildman–Crippen MR) is 103 cm³/mol. The maximum atomic E-state index is 12.5. The third-order valence-corrected chi connectivity index (χ3v) is 4.99. The zero-order valence-corrected chi connectivity index (χ0v) is 16.4. The van der Waals surface area contributed by atoms with Gasteiger partial charge in [-0.2, -0.15) is 0 Å². The SMILES string of the molecule is Cc1cc(C)cc(OCC(=O)NNC(=O)C2(c3ccc(Br)cc3)CC2)c1. The van der Waals surface area contributed by atoms with Crippen LogP contribution in [0.2, 0.25) is 0 Å². The van der Waals surface area contributed by atoms with Crippen molar-refractivity contribution in [2.24, 2.45) is 0 Å². The number of hydrazine groups is 1. The fourth-order valence-corrected chi connectivity index (χ4v) is 3.25. The second kappa shape index (κ2) is 7.50. The molecule has 1 saturated carbocycles. The van der Waals surface area contributed by atoms with Gasteiger partial charge >= 0.3 is 0 Å². The largest absolute Gasteiger partial charge is 0.484 e. The Balaban J connectivity index is 1.51. The Morgan fingerprint density at radius 3 is 2.23 bits per heavy atom. The highest BCUT2D eigenvalue weighted by Gasteiger charge is 2.51. The van der Waals surface area contributed by atoms with Crippen LogP contribution in [0.3, 0.4) is 0 Å². The molecule has 2 amide bonds. The van der Waals surface area contributed by atoms with E-state index in [-0.39, 0.29) is 12.5 Å². The lowest BCUT2D eigenvalue weighted by Crippen LogP contribution is -2.48. The van der Waals surface area contributed by atoms with Gasteiger partial charge in [-0.3, -0.25) is 20.4 Å². The molecule has 1 aliphatic rings. The van der Waals surface area contributed by atoms with E-state index in [4.69, 9.17) is 4.74 Å². The minimum atomic E-state index is -0.539. The normalized spacial score (nSPS) is 14.4. The number of amides is 2. The second-order valence-electron chi connectivity index (χ2n) is 6.70. The van der Waals surface area contributed by atoms with Gasteiger partial charge in [0.25, 0.3) is 5.91 Å². The molecule has 5 nitrogen and oxygen atoms in total. The molecule has 1 fully saturated rings. The van der Waals surface area contributed by atoms with Gasteiger partial charge in [-0.1, -0.05) is 34.1 Å². The van der Waals surface area contributed by atoms with Crippen molar-refractivity contribution in [3.8, 4) is 5.75 Å². The summed E-state index contributed by atoms with van der Waals surface area (Å²) < 4.78 is 6.46. The fraction of sp³-hybridized carbons (Fsp3) is 0.300. The summed E-state index contributed by atoms with van der Waals surface area (Å²) >= 11 is 3.39. The molecule has 0 bridgehead atoms. The van der Waals surface area contributed by atoms with Gasteiger partial charge in [-0.25, -0.2) is 0 Å². The number of rotatable bonds is 5. The van der Waals surface area contributed by atoms with E-state index in [2.05, 4.69) is 26.8 Å².